The minimum Gasteiger partial charge on any atom is -0.347 e. The van der Waals surface area contributed by atoms with Crippen LogP contribution in [0.5, 0.6) is 0 Å². The van der Waals surface area contributed by atoms with Gasteiger partial charge in [0, 0.05) is 44.3 Å². The molecule has 3 aromatic rings. The van der Waals surface area contributed by atoms with Crippen LogP contribution in [0, 0.1) is 0 Å². The first kappa shape index (κ1) is 19.6. The van der Waals surface area contributed by atoms with Crippen LogP contribution in [0.15, 0.2) is 60.9 Å². The molecule has 0 aliphatic carbocycles. The molecule has 1 aromatic carbocycles. The van der Waals surface area contributed by atoms with Crippen LogP contribution in [-0.2, 0) is 20.1 Å². The maximum absolute atomic E-state index is 13.2. The van der Waals surface area contributed by atoms with E-state index in [2.05, 4.69) is 4.57 Å². The van der Waals surface area contributed by atoms with Gasteiger partial charge in [0.05, 0.1) is 12.6 Å². The lowest BCUT2D eigenvalue weighted by molar-refractivity contribution is 0.0580. The summed E-state index contributed by atoms with van der Waals surface area (Å²) >= 11 is 0. The molecule has 7 nitrogen and oxygen atoms in total. The third-order valence-corrected chi connectivity index (χ3v) is 4.83. The zero-order chi connectivity index (χ0) is 20.1. The third kappa shape index (κ3) is 3.90. The average molecular weight is 380 g/mol. The summed E-state index contributed by atoms with van der Waals surface area (Å²) in [6.45, 7) is 1.13. The topological polar surface area (TPSA) is 79.5 Å². The quantitative estimate of drug-likeness (QED) is 0.541. The average Bonchev–Trinajstić information content (AvgIpc) is 3.33. The first-order chi connectivity index (χ1) is 13.6. The summed E-state index contributed by atoms with van der Waals surface area (Å²) in [6, 6.07) is 15.6. The standard InChI is InChI=1S/C20H19N3O2.CH5NO/c1-21-9-5-8-18(21)20(25)23-12-17-10-15(14-24)11-22(17)13-19(23)16-6-3-2-4-7-16;1-2-3/h2-11,14,19H,12-13H2,1H3;2-3H,1H3. The molecule has 0 saturated heterocycles. The summed E-state index contributed by atoms with van der Waals surface area (Å²) in [5.74, 6) is 0.00135. The van der Waals surface area contributed by atoms with E-state index in [0.29, 0.717) is 24.3 Å². The zero-order valence-corrected chi connectivity index (χ0v) is 15.9. The lowest BCUT2D eigenvalue weighted by Crippen LogP contribution is -2.41. The number of carbonyl (C=O) groups excluding carboxylic acids is 2. The molecule has 1 unspecified atom stereocenters. The van der Waals surface area contributed by atoms with Crippen molar-refractivity contribution in [2.45, 2.75) is 19.1 Å². The molecule has 28 heavy (non-hydrogen) atoms. The maximum Gasteiger partial charge on any atom is 0.271 e. The van der Waals surface area contributed by atoms with E-state index in [4.69, 9.17) is 5.21 Å². The summed E-state index contributed by atoms with van der Waals surface area (Å²) in [5.41, 5.74) is 5.14. The fourth-order valence-electron chi connectivity index (χ4n) is 3.52. The number of rotatable bonds is 3. The van der Waals surface area contributed by atoms with E-state index in [1.54, 1.807) is 5.48 Å². The molecule has 146 valence electrons. The van der Waals surface area contributed by atoms with Crippen LogP contribution in [-0.4, -0.2) is 38.5 Å². The molecule has 4 rings (SSSR count). The van der Waals surface area contributed by atoms with Gasteiger partial charge < -0.3 is 19.2 Å². The Hall–Kier alpha value is -3.16. The van der Waals surface area contributed by atoms with Crippen molar-refractivity contribution in [1.29, 1.82) is 0 Å². The van der Waals surface area contributed by atoms with Crippen LogP contribution in [0.3, 0.4) is 0 Å². The highest BCUT2D eigenvalue weighted by molar-refractivity contribution is 5.93. The first-order valence-electron chi connectivity index (χ1n) is 9.01. The highest BCUT2D eigenvalue weighted by Crippen LogP contribution is 2.31. The second-order valence-electron chi connectivity index (χ2n) is 6.62. The van der Waals surface area contributed by atoms with E-state index in [1.807, 2.05) is 77.4 Å². The normalized spacial score (nSPS) is 15.4. The van der Waals surface area contributed by atoms with Crippen molar-refractivity contribution in [3.05, 3.63) is 83.4 Å². The van der Waals surface area contributed by atoms with E-state index in [-0.39, 0.29) is 11.9 Å². The van der Waals surface area contributed by atoms with Gasteiger partial charge in [-0.05, 0) is 23.8 Å². The molecular weight excluding hydrogens is 356 g/mol. The number of hydroxylamine groups is 1. The van der Waals surface area contributed by atoms with Crippen molar-refractivity contribution in [2.75, 3.05) is 7.05 Å². The number of aldehydes is 1. The predicted octanol–water partition coefficient (Wildman–Crippen LogP) is 2.63. The van der Waals surface area contributed by atoms with Crippen molar-refractivity contribution in [3.63, 3.8) is 0 Å². The molecule has 2 N–H and O–H groups in total. The van der Waals surface area contributed by atoms with Gasteiger partial charge in [-0.2, -0.15) is 0 Å². The molecule has 1 atom stereocenters. The van der Waals surface area contributed by atoms with E-state index < -0.39 is 0 Å². The molecule has 1 aliphatic rings. The van der Waals surface area contributed by atoms with Gasteiger partial charge in [0.1, 0.15) is 5.69 Å². The van der Waals surface area contributed by atoms with Gasteiger partial charge in [-0.1, -0.05) is 30.3 Å². The van der Waals surface area contributed by atoms with Crippen LogP contribution in [0.4, 0.5) is 0 Å². The number of amides is 1. The molecule has 3 heterocycles. The minimum atomic E-state index is -0.0667. The summed E-state index contributed by atoms with van der Waals surface area (Å²) in [6.07, 6.45) is 4.59. The Labute approximate surface area is 163 Å². The number of nitrogens with one attached hydrogen (secondary N) is 1. The highest BCUT2D eigenvalue weighted by Gasteiger charge is 2.32. The molecule has 0 bridgehead atoms. The number of aryl methyl sites for hydroxylation is 1. The van der Waals surface area contributed by atoms with Crippen LogP contribution >= 0.6 is 0 Å². The largest absolute Gasteiger partial charge is 0.347 e. The smallest absolute Gasteiger partial charge is 0.271 e. The minimum absolute atomic E-state index is 0.00135. The number of nitrogens with zero attached hydrogens (tertiary/aromatic N) is 3. The Balaban J connectivity index is 0.000000706. The summed E-state index contributed by atoms with van der Waals surface area (Å²) in [4.78, 5) is 26.2. The van der Waals surface area contributed by atoms with Crippen molar-refractivity contribution >= 4 is 12.2 Å². The van der Waals surface area contributed by atoms with E-state index in [1.165, 1.54) is 7.05 Å². The van der Waals surface area contributed by atoms with Crippen LogP contribution < -0.4 is 5.48 Å². The molecular formula is C21H24N4O3. The molecule has 0 fully saturated rings. The SMILES string of the molecule is CNO.Cn1cccc1C(=O)N1Cc2cc(C=O)cn2CC1c1ccccc1. The number of aromatic nitrogens is 2. The Morgan fingerprint density at radius 1 is 1.21 bits per heavy atom. The van der Waals surface area contributed by atoms with Crippen molar-refractivity contribution < 1.29 is 14.8 Å². The molecule has 0 spiro atoms. The number of fused-ring (bicyclic) bond motifs is 1. The van der Waals surface area contributed by atoms with E-state index in [0.717, 1.165) is 17.5 Å². The summed E-state index contributed by atoms with van der Waals surface area (Å²) < 4.78 is 3.92. The van der Waals surface area contributed by atoms with Crippen LogP contribution in [0.25, 0.3) is 0 Å². The molecule has 0 radical (unpaired) electrons. The van der Waals surface area contributed by atoms with Crippen molar-refractivity contribution in [1.82, 2.24) is 19.5 Å². The highest BCUT2D eigenvalue weighted by atomic mass is 16.5. The first-order valence-corrected chi connectivity index (χ1v) is 9.01. The van der Waals surface area contributed by atoms with Gasteiger partial charge in [0.15, 0.2) is 6.29 Å². The Bertz CT molecular complexity index is 946. The van der Waals surface area contributed by atoms with Crippen molar-refractivity contribution in [3.8, 4) is 0 Å². The zero-order valence-electron chi connectivity index (χ0n) is 15.9. The molecule has 2 aromatic heterocycles. The fourth-order valence-corrected chi connectivity index (χ4v) is 3.52. The molecule has 0 saturated carbocycles. The Kier molecular flexibility index (Phi) is 6.08. The van der Waals surface area contributed by atoms with Gasteiger partial charge >= 0.3 is 0 Å². The van der Waals surface area contributed by atoms with Gasteiger partial charge in [0.25, 0.3) is 5.91 Å². The molecule has 7 heteroatoms. The number of carbonyl (C=O) groups is 2. The number of benzene rings is 1. The monoisotopic (exact) mass is 380 g/mol. The van der Waals surface area contributed by atoms with Gasteiger partial charge in [-0.3, -0.25) is 9.59 Å². The second-order valence-corrected chi connectivity index (χ2v) is 6.62. The number of hydrogen-bond acceptors (Lipinski definition) is 4. The Morgan fingerprint density at radius 2 is 1.93 bits per heavy atom. The van der Waals surface area contributed by atoms with Gasteiger partial charge in [0.2, 0.25) is 0 Å². The lowest BCUT2D eigenvalue weighted by atomic mass is 10.0. The summed E-state index contributed by atoms with van der Waals surface area (Å²) in [7, 11) is 3.31. The second kappa shape index (κ2) is 8.69. The number of hydrogen-bond donors (Lipinski definition) is 2. The van der Waals surface area contributed by atoms with Crippen LogP contribution in [0.1, 0.15) is 38.1 Å². The molecule has 1 aliphatic heterocycles. The maximum atomic E-state index is 13.2. The Morgan fingerprint density at radius 3 is 2.54 bits per heavy atom. The predicted molar refractivity (Wildman–Crippen MR) is 105 cm³/mol. The van der Waals surface area contributed by atoms with Crippen LogP contribution in [0.2, 0.25) is 0 Å². The van der Waals surface area contributed by atoms with Gasteiger partial charge in [-0.15, -0.1) is 0 Å². The lowest BCUT2D eigenvalue weighted by Gasteiger charge is -2.37. The third-order valence-electron chi connectivity index (χ3n) is 4.83. The van der Waals surface area contributed by atoms with E-state index in [9.17, 15) is 9.59 Å². The summed E-state index contributed by atoms with van der Waals surface area (Å²) in [5, 5.41) is 7.32. The van der Waals surface area contributed by atoms with E-state index >= 15 is 0 Å². The fraction of sp³-hybridized carbons (Fsp3) is 0.238. The van der Waals surface area contributed by atoms with Gasteiger partial charge in [-0.25, -0.2) is 5.48 Å². The van der Waals surface area contributed by atoms with Crippen molar-refractivity contribution in [2.24, 2.45) is 7.05 Å². The molecule has 1 amide bonds.